The summed E-state index contributed by atoms with van der Waals surface area (Å²) < 4.78 is 34.4. The fourth-order valence-corrected chi connectivity index (χ4v) is 7.08. The highest BCUT2D eigenvalue weighted by atomic mass is 35.5. The summed E-state index contributed by atoms with van der Waals surface area (Å²) >= 11 is 6.41. The highest BCUT2D eigenvalue weighted by molar-refractivity contribution is 7.92. The Bertz CT molecular complexity index is 1490. The molecule has 3 aromatic rings. The lowest BCUT2D eigenvalue weighted by atomic mass is 9.95. The van der Waals surface area contributed by atoms with Crippen LogP contribution >= 0.6 is 11.6 Å². The van der Waals surface area contributed by atoms with Crippen molar-refractivity contribution in [2.75, 3.05) is 18.0 Å². The molecule has 1 saturated carbocycles. The van der Waals surface area contributed by atoms with Crippen molar-refractivity contribution in [1.29, 1.82) is 0 Å². The predicted octanol–water partition coefficient (Wildman–Crippen LogP) is 6.11. The van der Waals surface area contributed by atoms with Gasteiger partial charge in [0, 0.05) is 12.6 Å². The van der Waals surface area contributed by atoms with Crippen molar-refractivity contribution in [3.05, 3.63) is 88.9 Å². The number of carbonyl (C=O) groups excluding carboxylic acids is 2. The normalized spacial score (nSPS) is 14.5. The van der Waals surface area contributed by atoms with Crippen LogP contribution in [0.3, 0.4) is 0 Å². The Morgan fingerprint density at radius 1 is 1.00 bits per heavy atom. The van der Waals surface area contributed by atoms with E-state index < -0.39 is 28.5 Å². The molecule has 1 fully saturated rings. The van der Waals surface area contributed by atoms with Gasteiger partial charge in [-0.25, -0.2) is 8.42 Å². The molecule has 0 aromatic heterocycles. The number of benzene rings is 3. The fourth-order valence-electron chi connectivity index (χ4n) is 5.42. The van der Waals surface area contributed by atoms with E-state index in [1.807, 2.05) is 44.2 Å². The highest BCUT2D eigenvalue weighted by Gasteiger charge is 2.34. The van der Waals surface area contributed by atoms with Gasteiger partial charge in [0.15, 0.2) is 0 Å². The van der Waals surface area contributed by atoms with E-state index in [1.54, 1.807) is 24.3 Å². The molecule has 1 N–H and O–H groups in total. The van der Waals surface area contributed by atoms with Gasteiger partial charge in [-0.15, -0.1) is 0 Å². The van der Waals surface area contributed by atoms with Gasteiger partial charge in [0.05, 0.1) is 22.7 Å². The summed E-state index contributed by atoms with van der Waals surface area (Å²) in [6, 6.07) is 19.7. The van der Waals surface area contributed by atoms with Crippen molar-refractivity contribution in [2.24, 2.45) is 0 Å². The standard InChI is InChI=1S/C33H40ClN3O5S/c1-4-30(33(39)35-26-13-9-6-10-14-26)36(22-25-11-7-5-8-12-25)32(38)23-37(27-17-20-31(42-3)29(34)21-27)43(40,41)28-18-15-24(2)16-19-28/h5,7-8,11-12,15-21,26,30H,4,6,9-10,13-14,22-23H2,1-3H3,(H,35,39)/t30-/m1/s1. The zero-order chi connectivity index (χ0) is 31.0. The summed E-state index contributed by atoms with van der Waals surface area (Å²) in [6.07, 6.45) is 5.47. The number of ether oxygens (including phenoxy) is 1. The number of hydrogen-bond acceptors (Lipinski definition) is 5. The van der Waals surface area contributed by atoms with Gasteiger partial charge in [-0.05, 0) is 62.1 Å². The molecule has 0 saturated heterocycles. The Morgan fingerprint density at radius 2 is 1.67 bits per heavy atom. The molecule has 3 aromatic carbocycles. The SMILES string of the molecule is CC[C@H](C(=O)NC1CCCCC1)N(Cc1ccccc1)C(=O)CN(c1ccc(OC)c(Cl)c1)S(=O)(=O)c1ccc(C)cc1. The lowest BCUT2D eigenvalue weighted by Gasteiger charge is -2.34. The topological polar surface area (TPSA) is 96.0 Å². The smallest absolute Gasteiger partial charge is 0.264 e. The second kappa shape index (κ2) is 14.8. The second-order valence-electron chi connectivity index (χ2n) is 10.9. The van der Waals surface area contributed by atoms with Crippen LogP contribution in [0.4, 0.5) is 5.69 Å². The Kier molecular flexibility index (Phi) is 11.1. The molecule has 43 heavy (non-hydrogen) atoms. The first-order chi connectivity index (χ1) is 20.6. The van der Waals surface area contributed by atoms with Gasteiger partial charge in [-0.2, -0.15) is 0 Å². The van der Waals surface area contributed by atoms with Crippen LogP contribution in [0.25, 0.3) is 0 Å². The van der Waals surface area contributed by atoms with Crippen molar-refractivity contribution < 1.29 is 22.7 Å². The van der Waals surface area contributed by atoms with Gasteiger partial charge in [0.2, 0.25) is 11.8 Å². The molecule has 1 atom stereocenters. The maximum atomic E-state index is 14.3. The number of sulfonamides is 1. The van der Waals surface area contributed by atoms with Gasteiger partial charge in [-0.3, -0.25) is 13.9 Å². The van der Waals surface area contributed by atoms with Crippen LogP contribution in [-0.2, 0) is 26.2 Å². The first-order valence-electron chi connectivity index (χ1n) is 14.7. The number of anilines is 1. The van der Waals surface area contributed by atoms with Crippen LogP contribution in [0.1, 0.15) is 56.6 Å². The lowest BCUT2D eigenvalue weighted by molar-refractivity contribution is -0.140. The maximum Gasteiger partial charge on any atom is 0.264 e. The Morgan fingerprint density at radius 3 is 2.28 bits per heavy atom. The molecule has 8 nitrogen and oxygen atoms in total. The van der Waals surface area contributed by atoms with Gasteiger partial charge in [-0.1, -0.05) is 85.8 Å². The third-order valence-corrected chi connectivity index (χ3v) is 9.93. The molecule has 0 heterocycles. The molecule has 0 radical (unpaired) electrons. The molecule has 0 aliphatic heterocycles. The minimum absolute atomic E-state index is 0.0366. The van der Waals surface area contributed by atoms with Crippen molar-refractivity contribution in [3.63, 3.8) is 0 Å². The largest absolute Gasteiger partial charge is 0.495 e. The van der Waals surface area contributed by atoms with Gasteiger partial charge in [0.1, 0.15) is 18.3 Å². The molecule has 10 heteroatoms. The van der Waals surface area contributed by atoms with Crippen LogP contribution in [0, 0.1) is 6.92 Å². The van der Waals surface area contributed by atoms with E-state index in [4.69, 9.17) is 16.3 Å². The van der Waals surface area contributed by atoms with E-state index in [0.29, 0.717) is 12.2 Å². The zero-order valence-electron chi connectivity index (χ0n) is 25.0. The molecule has 4 rings (SSSR count). The zero-order valence-corrected chi connectivity index (χ0v) is 26.5. The van der Waals surface area contributed by atoms with Crippen molar-refractivity contribution in [2.45, 2.75) is 75.9 Å². The van der Waals surface area contributed by atoms with Crippen LogP contribution in [0.2, 0.25) is 5.02 Å². The van der Waals surface area contributed by atoms with Crippen molar-refractivity contribution >= 4 is 39.1 Å². The quantitative estimate of drug-likeness (QED) is 0.262. The van der Waals surface area contributed by atoms with E-state index >= 15 is 0 Å². The monoisotopic (exact) mass is 625 g/mol. The number of hydrogen-bond donors (Lipinski definition) is 1. The molecule has 1 aliphatic carbocycles. The molecule has 0 spiro atoms. The second-order valence-corrected chi connectivity index (χ2v) is 13.2. The van der Waals surface area contributed by atoms with Crippen LogP contribution < -0.4 is 14.4 Å². The summed E-state index contributed by atoms with van der Waals surface area (Å²) in [7, 11) is -2.73. The third kappa shape index (κ3) is 8.09. The average Bonchev–Trinajstić information content (AvgIpc) is 3.00. The number of nitrogens with zero attached hydrogens (tertiary/aromatic N) is 2. The van der Waals surface area contributed by atoms with E-state index in [-0.39, 0.29) is 34.1 Å². The molecule has 0 bridgehead atoms. The average molecular weight is 626 g/mol. The van der Waals surface area contributed by atoms with E-state index in [9.17, 15) is 18.0 Å². The lowest BCUT2D eigenvalue weighted by Crippen LogP contribution is -2.54. The Labute approximate surface area is 260 Å². The minimum Gasteiger partial charge on any atom is -0.495 e. The number of nitrogens with one attached hydrogen (secondary N) is 1. The predicted molar refractivity (Wildman–Crippen MR) is 170 cm³/mol. The van der Waals surface area contributed by atoms with E-state index in [1.165, 1.54) is 30.2 Å². The Balaban J connectivity index is 1.72. The fraction of sp³-hybridized carbons (Fsp3) is 0.394. The Hall–Kier alpha value is -3.56. The number of halogens is 1. The number of aryl methyl sites for hydroxylation is 1. The summed E-state index contributed by atoms with van der Waals surface area (Å²) in [4.78, 5) is 29.4. The molecule has 230 valence electrons. The minimum atomic E-state index is -4.20. The summed E-state index contributed by atoms with van der Waals surface area (Å²) in [6.45, 7) is 3.35. The molecular weight excluding hydrogens is 586 g/mol. The van der Waals surface area contributed by atoms with Gasteiger partial charge in [0.25, 0.3) is 10.0 Å². The first kappa shape index (κ1) is 32.4. The van der Waals surface area contributed by atoms with E-state index in [2.05, 4.69) is 5.32 Å². The number of carbonyl (C=O) groups is 2. The van der Waals surface area contributed by atoms with Crippen LogP contribution in [0.5, 0.6) is 5.75 Å². The molecule has 1 aliphatic rings. The maximum absolute atomic E-state index is 14.3. The third-order valence-electron chi connectivity index (χ3n) is 7.84. The van der Waals surface area contributed by atoms with Crippen molar-refractivity contribution in [3.8, 4) is 5.75 Å². The summed E-state index contributed by atoms with van der Waals surface area (Å²) in [5.41, 5.74) is 1.94. The molecule has 0 unspecified atom stereocenters. The van der Waals surface area contributed by atoms with Crippen molar-refractivity contribution in [1.82, 2.24) is 10.2 Å². The molecule has 2 amide bonds. The number of methoxy groups -OCH3 is 1. The van der Waals surface area contributed by atoms with Crippen LogP contribution in [-0.4, -0.2) is 50.9 Å². The van der Waals surface area contributed by atoms with E-state index in [0.717, 1.165) is 47.5 Å². The molecular formula is C33H40ClN3O5S. The van der Waals surface area contributed by atoms with Gasteiger partial charge < -0.3 is 15.0 Å². The highest BCUT2D eigenvalue weighted by Crippen LogP contribution is 2.32. The number of amides is 2. The van der Waals surface area contributed by atoms with Crippen LogP contribution in [0.15, 0.2) is 77.7 Å². The van der Waals surface area contributed by atoms with Gasteiger partial charge >= 0.3 is 0 Å². The summed E-state index contributed by atoms with van der Waals surface area (Å²) in [5, 5.41) is 3.37. The number of rotatable bonds is 12. The summed E-state index contributed by atoms with van der Waals surface area (Å²) in [5.74, 6) is -0.350. The first-order valence-corrected chi connectivity index (χ1v) is 16.5.